The molecule has 1 aliphatic heterocycles. The lowest BCUT2D eigenvalue weighted by Gasteiger charge is -2.21. The van der Waals surface area contributed by atoms with E-state index < -0.39 is 8.96 Å². The van der Waals surface area contributed by atoms with E-state index in [4.69, 9.17) is 0 Å². The number of hydrogen-bond donors (Lipinski definition) is 0. The van der Waals surface area contributed by atoms with Gasteiger partial charge in [-0.25, -0.2) is 0 Å². The molecule has 0 bridgehead atoms. The molecule has 1 aliphatic rings. The first-order chi connectivity index (χ1) is 5.38. The number of nitrogens with zero attached hydrogens (tertiary/aromatic N) is 1. The summed E-state index contributed by atoms with van der Waals surface area (Å²) in [5.74, 6) is 0. The van der Waals surface area contributed by atoms with Crippen molar-refractivity contribution in [3.8, 4) is 0 Å². The summed E-state index contributed by atoms with van der Waals surface area (Å²) in [5.41, 5.74) is 2.46. The van der Waals surface area contributed by atoms with Gasteiger partial charge in [0.2, 0.25) is 0 Å². The molecule has 11 heavy (non-hydrogen) atoms. The van der Waals surface area contributed by atoms with E-state index in [0.29, 0.717) is 0 Å². The van der Waals surface area contributed by atoms with Gasteiger partial charge in [0.25, 0.3) is 0 Å². The molecule has 64 valence electrons. The number of hydrogen-bond acceptors (Lipinski definition) is 1. The van der Waals surface area contributed by atoms with Crippen molar-refractivity contribution >= 4 is 8.96 Å². The Morgan fingerprint density at radius 3 is 2.45 bits per heavy atom. The molecule has 1 fully saturated rings. The molecule has 2 heteroatoms. The molecular formula is C9H19NSi. The lowest BCUT2D eigenvalue weighted by Crippen LogP contribution is -2.34. The van der Waals surface area contributed by atoms with Crippen molar-refractivity contribution in [2.45, 2.75) is 32.7 Å². The molecule has 1 heterocycles. The van der Waals surface area contributed by atoms with Crippen molar-refractivity contribution in [1.29, 1.82) is 0 Å². The third-order valence-electron chi connectivity index (χ3n) is 2.44. The van der Waals surface area contributed by atoms with Crippen LogP contribution in [0, 0.1) is 0 Å². The Bertz CT molecular complexity index is 128. The van der Waals surface area contributed by atoms with E-state index in [2.05, 4.69) is 30.2 Å². The Morgan fingerprint density at radius 1 is 1.36 bits per heavy atom. The highest BCUT2D eigenvalue weighted by molar-refractivity contribution is 6.61. The quantitative estimate of drug-likeness (QED) is 0.584. The number of rotatable bonds is 3. The summed E-state index contributed by atoms with van der Waals surface area (Å²) in [6, 6.07) is 1.39. The molecule has 0 aromatic carbocycles. The van der Waals surface area contributed by atoms with Crippen LogP contribution in [0.1, 0.15) is 26.7 Å². The molecule has 0 aromatic rings. The fourth-order valence-corrected chi connectivity index (χ4v) is 4.32. The minimum Gasteiger partial charge on any atom is -0.323 e. The van der Waals surface area contributed by atoms with Crippen molar-refractivity contribution in [1.82, 2.24) is 4.57 Å². The standard InChI is InChI=1S/C9H19NSi/c1-3-9-11(4-2)10-7-5-6-8-10/h3,9,11H,4-8H2,1-2H3. The molecule has 0 radical (unpaired) electrons. The second-order valence-corrected chi connectivity index (χ2v) is 6.31. The van der Waals surface area contributed by atoms with Crippen LogP contribution in [0.2, 0.25) is 6.04 Å². The first-order valence-electron chi connectivity index (χ1n) is 4.75. The summed E-state index contributed by atoms with van der Waals surface area (Å²) in [6.07, 6.45) is 5.10. The Hall–Kier alpha value is -0.0831. The monoisotopic (exact) mass is 169 g/mol. The molecule has 0 amide bonds. The van der Waals surface area contributed by atoms with Crippen LogP contribution >= 0.6 is 0 Å². The lowest BCUT2D eigenvalue weighted by molar-refractivity contribution is 0.539. The summed E-state index contributed by atoms with van der Waals surface area (Å²) in [6.45, 7) is 7.21. The highest BCUT2D eigenvalue weighted by atomic mass is 28.3. The van der Waals surface area contributed by atoms with Gasteiger partial charge in [-0.15, -0.1) is 0 Å². The van der Waals surface area contributed by atoms with Crippen LogP contribution in [0.15, 0.2) is 11.8 Å². The Balaban J connectivity index is 2.39. The molecular weight excluding hydrogens is 150 g/mol. The first kappa shape index (κ1) is 9.01. The summed E-state index contributed by atoms with van der Waals surface area (Å²) in [4.78, 5) is 0. The first-order valence-corrected chi connectivity index (χ1v) is 6.75. The van der Waals surface area contributed by atoms with E-state index in [-0.39, 0.29) is 0 Å². The van der Waals surface area contributed by atoms with Crippen LogP contribution in [0.25, 0.3) is 0 Å². The van der Waals surface area contributed by atoms with Gasteiger partial charge in [-0.3, -0.25) is 0 Å². The largest absolute Gasteiger partial charge is 0.323 e. The van der Waals surface area contributed by atoms with Crippen LogP contribution in [0.3, 0.4) is 0 Å². The molecule has 1 unspecified atom stereocenters. The second-order valence-electron chi connectivity index (χ2n) is 3.24. The highest BCUT2D eigenvalue weighted by Gasteiger charge is 2.18. The van der Waals surface area contributed by atoms with Crippen LogP contribution in [-0.4, -0.2) is 26.6 Å². The smallest absolute Gasteiger partial charge is 0.135 e. The van der Waals surface area contributed by atoms with E-state index in [9.17, 15) is 0 Å². The zero-order valence-corrected chi connectivity index (χ0v) is 8.87. The zero-order valence-electron chi connectivity index (χ0n) is 7.71. The number of allylic oxidation sites excluding steroid dienone is 1. The minimum absolute atomic E-state index is 0.613. The zero-order chi connectivity index (χ0) is 8.10. The van der Waals surface area contributed by atoms with E-state index in [1.165, 1.54) is 32.0 Å². The van der Waals surface area contributed by atoms with Crippen molar-refractivity contribution in [2.24, 2.45) is 0 Å². The van der Waals surface area contributed by atoms with Crippen molar-refractivity contribution in [2.75, 3.05) is 13.1 Å². The second kappa shape index (κ2) is 4.73. The van der Waals surface area contributed by atoms with Gasteiger partial charge >= 0.3 is 0 Å². The summed E-state index contributed by atoms with van der Waals surface area (Å²) >= 11 is 0. The van der Waals surface area contributed by atoms with Gasteiger partial charge in [0, 0.05) is 0 Å². The van der Waals surface area contributed by atoms with E-state index >= 15 is 0 Å². The maximum Gasteiger partial charge on any atom is 0.135 e. The van der Waals surface area contributed by atoms with Crippen LogP contribution in [-0.2, 0) is 0 Å². The molecule has 0 spiro atoms. The van der Waals surface area contributed by atoms with Crippen molar-refractivity contribution in [3.05, 3.63) is 11.8 Å². The molecule has 0 aliphatic carbocycles. The predicted octanol–water partition coefficient (Wildman–Crippen LogP) is 1.94. The molecule has 1 nitrogen and oxygen atoms in total. The molecule has 1 saturated heterocycles. The fraction of sp³-hybridized carbons (Fsp3) is 0.778. The molecule has 0 N–H and O–H groups in total. The molecule has 0 aromatic heterocycles. The van der Waals surface area contributed by atoms with Gasteiger partial charge in [0.05, 0.1) is 0 Å². The van der Waals surface area contributed by atoms with Gasteiger partial charge in [0.1, 0.15) is 8.96 Å². The normalized spacial score (nSPS) is 23.1. The van der Waals surface area contributed by atoms with Crippen molar-refractivity contribution in [3.63, 3.8) is 0 Å². The van der Waals surface area contributed by atoms with Gasteiger partial charge in [0.15, 0.2) is 0 Å². The van der Waals surface area contributed by atoms with Crippen molar-refractivity contribution < 1.29 is 0 Å². The average molecular weight is 169 g/mol. The van der Waals surface area contributed by atoms with E-state index in [1.807, 2.05) is 0 Å². The Morgan fingerprint density at radius 2 is 2.00 bits per heavy atom. The SMILES string of the molecule is CC=C[SiH](CC)N1CCCC1. The lowest BCUT2D eigenvalue weighted by atomic mass is 10.4. The molecule has 1 atom stereocenters. The van der Waals surface area contributed by atoms with Gasteiger partial charge < -0.3 is 4.57 Å². The van der Waals surface area contributed by atoms with E-state index in [1.54, 1.807) is 0 Å². The Kier molecular flexibility index (Phi) is 3.87. The third kappa shape index (κ3) is 2.45. The van der Waals surface area contributed by atoms with Crippen LogP contribution < -0.4 is 0 Å². The summed E-state index contributed by atoms with van der Waals surface area (Å²) < 4.78 is 2.72. The maximum atomic E-state index is 2.72. The van der Waals surface area contributed by atoms with Gasteiger partial charge in [-0.05, 0) is 38.9 Å². The van der Waals surface area contributed by atoms with Crippen LogP contribution in [0.4, 0.5) is 0 Å². The maximum absolute atomic E-state index is 2.72. The van der Waals surface area contributed by atoms with Gasteiger partial charge in [-0.1, -0.05) is 18.7 Å². The fourth-order valence-electron chi connectivity index (χ4n) is 1.81. The summed E-state index contributed by atoms with van der Waals surface area (Å²) in [7, 11) is -0.613. The topological polar surface area (TPSA) is 3.24 Å². The molecule has 1 rings (SSSR count). The third-order valence-corrected chi connectivity index (χ3v) is 5.56. The molecule has 0 saturated carbocycles. The summed E-state index contributed by atoms with van der Waals surface area (Å²) in [5, 5.41) is 0. The predicted molar refractivity (Wildman–Crippen MR) is 53.3 cm³/mol. The average Bonchev–Trinajstić information content (AvgIpc) is 2.52. The van der Waals surface area contributed by atoms with E-state index in [0.717, 1.165) is 0 Å². The van der Waals surface area contributed by atoms with Crippen LogP contribution in [0.5, 0.6) is 0 Å². The highest BCUT2D eigenvalue weighted by Crippen LogP contribution is 2.12. The Labute approximate surface area is 71.8 Å². The van der Waals surface area contributed by atoms with Gasteiger partial charge in [-0.2, -0.15) is 0 Å². The minimum atomic E-state index is -0.613.